The predicted octanol–water partition coefficient (Wildman–Crippen LogP) is 1.23. The molecule has 2 N–H and O–H groups in total. The Kier molecular flexibility index (Phi) is 21.2. The Morgan fingerprint density at radius 2 is 1.62 bits per heavy atom. The lowest BCUT2D eigenvalue weighted by atomic mass is 10.6. The molecule has 48 valence electrons. The molecule has 0 aromatic rings. The molecule has 0 aromatic carbocycles. The van der Waals surface area contributed by atoms with Gasteiger partial charge in [-0.05, 0) is 0 Å². The Bertz CT molecular complexity index is 44.5. The lowest BCUT2D eigenvalue weighted by Crippen LogP contribution is -1.97. The van der Waals surface area contributed by atoms with E-state index < -0.39 is 0 Å². The molecule has 0 spiro atoms. The third-order valence-electron chi connectivity index (χ3n) is 0.296. The van der Waals surface area contributed by atoms with E-state index in [1.165, 1.54) is 0 Å². The molecule has 0 aliphatic heterocycles. The Balaban J connectivity index is 0. The van der Waals surface area contributed by atoms with Crippen LogP contribution in [-0.4, -0.2) is 12.3 Å². The predicted molar refractivity (Wildman–Crippen MR) is 43.3 cm³/mol. The molecule has 0 heterocycles. The molecule has 1 nitrogen and oxygen atoms in total. The van der Waals surface area contributed by atoms with Gasteiger partial charge in [0.05, 0.1) is 0 Å². The van der Waals surface area contributed by atoms with Gasteiger partial charge >= 0.3 is 0 Å². The van der Waals surface area contributed by atoms with E-state index in [1.807, 2.05) is 0 Å². The molecule has 0 atom stereocenters. The zero-order valence-electron chi connectivity index (χ0n) is 5.01. The number of allylic oxidation sites excluding steroid dienone is 2. The lowest BCUT2D eigenvalue weighted by molar-refractivity contribution is 1.16. The monoisotopic (exact) mass is 131 g/mol. The van der Waals surface area contributed by atoms with Crippen molar-refractivity contribution in [3.63, 3.8) is 0 Å². The Morgan fingerprint density at radius 3 is 1.62 bits per heavy atom. The van der Waals surface area contributed by atoms with Gasteiger partial charge in [0.15, 0.2) is 0 Å². The summed E-state index contributed by atoms with van der Waals surface area (Å²) in [6, 6.07) is 0. The van der Waals surface area contributed by atoms with Gasteiger partial charge in [-0.1, -0.05) is 25.3 Å². The molecule has 0 radical (unpaired) electrons. The minimum Gasteiger partial charge on any atom is -0.330 e. The summed E-state index contributed by atoms with van der Waals surface area (Å²) in [6.07, 6.45) is 3.28. The van der Waals surface area contributed by atoms with E-state index in [-0.39, 0.29) is 0 Å². The van der Waals surface area contributed by atoms with Crippen molar-refractivity contribution in [2.24, 2.45) is 5.73 Å². The van der Waals surface area contributed by atoms with Crippen molar-refractivity contribution in [1.29, 1.82) is 0 Å². The van der Waals surface area contributed by atoms with Gasteiger partial charge in [-0.25, -0.2) is 0 Å². The van der Waals surface area contributed by atoms with Crippen LogP contribution in [0.3, 0.4) is 0 Å². The van der Waals surface area contributed by atoms with Gasteiger partial charge in [-0.2, -0.15) is 12.6 Å². The summed E-state index contributed by atoms with van der Waals surface area (Å²) < 4.78 is 0. The quantitative estimate of drug-likeness (QED) is 0.428. The molecule has 0 fully saturated rings. The van der Waals surface area contributed by atoms with Gasteiger partial charge in [-0.3, -0.25) is 0 Å². The van der Waals surface area contributed by atoms with Crippen LogP contribution in [0.5, 0.6) is 0 Å². The molecule has 0 amide bonds. The maximum absolute atomic E-state index is 4.95. The smallest absolute Gasteiger partial charge is 0.00255 e. The molecule has 2 heteroatoms. The van der Waals surface area contributed by atoms with E-state index in [0.29, 0.717) is 6.54 Å². The van der Waals surface area contributed by atoms with Crippen molar-refractivity contribution in [2.45, 2.75) is 0 Å². The highest BCUT2D eigenvalue weighted by atomic mass is 32.1. The number of hydrogen-bond acceptors (Lipinski definition) is 2. The second-order valence-electron chi connectivity index (χ2n) is 0.984. The first kappa shape index (κ1) is 10.7. The van der Waals surface area contributed by atoms with Crippen LogP contribution in [0, 0.1) is 0 Å². The van der Waals surface area contributed by atoms with Crippen LogP contribution >= 0.6 is 12.6 Å². The molecule has 0 aliphatic carbocycles. The van der Waals surface area contributed by atoms with Gasteiger partial charge in [0.1, 0.15) is 0 Å². The van der Waals surface area contributed by atoms with E-state index in [4.69, 9.17) is 5.73 Å². The highest BCUT2D eigenvalue weighted by Crippen LogP contribution is 1.58. The van der Waals surface area contributed by atoms with Crippen molar-refractivity contribution in [3.05, 3.63) is 25.3 Å². The van der Waals surface area contributed by atoms with Crippen LogP contribution in [0.2, 0.25) is 0 Å². The van der Waals surface area contributed by atoms with Crippen LogP contribution in [0.1, 0.15) is 0 Å². The molecule has 0 saturated heterocycles. The number of thiol groups is 1. The molecule has 0 saturated carbocycles. The van der Waals surface area contributed by atoms with Crippen LogP contribution in [0.15, 0.2) is 25.3 Å². The van der Waals surface area contributed by atoms with Crippen LogP contribution < -0.4 is 5.73 Å². The van der Waals surface area contributed by atoms with Crippen LogP contribution in [0.25, 0.3) is 0 Å². The van der Waals surface area contributed by atoms with Gasteiger partial charge < -0.3 is 5.73 Å². The van der Waals surface area contributed by atoms with E-state index in [9.17, 15) is 0 Å². The average Bonchev–Trinajstić information content (AvgIpc) is 1.88. The third-order valence-corrected chi connectivity index (χ3v) is 0.554. The first-order chi connectivity index (χ1) is 3.83. The average molecular weight is 131 g/mol. The highest BCUT2D eigenvalue weighted by molar-refractivity contribution is 7.80. The number of hydrogen-bond donors (Lipinski definition) is 2. The largest absolute Gasteiger partial charge is 0.330 e. The van der Waals surface area contributed by atoms with Gasteiger partial charge in [0.25, 0.3) is 0 Å². The first-order valence-electron chi connectivity index (χ1n) is 2.37. The molecular formula is C6H13NS. The minimum absolute atomic E-state index is 0.684. The van der Waals surface area contributed by atoms with Crippen molar-refractivity contribution in [3.8, 4) is 0 Å². The molecule has 0 aliphatic rings. The molecule has 0 unspecified atom stereocenters. The number of nitrogens with two attached hydrogens (primary N) is 1. The molecule has 8 heavy (non-hydrogen) atoms. The maximum atomic E-state index is 4.95. The Hall–Kier alpha value is -0.210. The molecular weight excluding hydrogens is 118 g/mol. The second-order valence-corrected chi connectivity index (χ2v) is 1.43. The summed E-state index contributed by atoms with van der Waals surface area (Å²) in [5, 5.41) is 0. The van der Waals surface area contributed by atoms with Crippen molar-refractivity contribution >= 4 is 12.6 Å². The first-order valence-corrected chi connectivity index (χ1v) is 3.01. The van der Waals surface area contributed by atoms with Gasteiger partial charge in [0, 0.05) is 12.3 Å². The van der Waals surface area contributed by atoms with E-state index in [2.05, 4.69) is 25.8 Å². The second kappa shape index (κ2) is 15.8. The van der Waals surface area contributed by atoms with Crippen molar-refractivity contribution < 1.29 is 0 Å². The zero-order valence-corrected chi connectivity index (χ0v) is 5.90. The highest BCUT2D eigenvalue weighted by Gasteiger charge is 1.56. The fourth-order valence-corrected chi connectivity index (χ4v) is 0. The summed E-state index contributed by atoms with van der Waals surface area (Å²) >= 11 is 3.80. The van der Waals surface area contributed by atoms with Crippen LogP contribution in [0.4, 0.5) is 0 Å². The van der Waals surface area contributed by atoms with Gasteiger partial charge in [-0.15, -0.1) is 0 Å². The summed E-state index contributed by atoms with van der Waals surface area (Å²) in [4.78, 5) is 0. The zero-order chi connectivity index (χ0) is 6.83. The normalized spacial score (nSPS) is 6.25. The fourth-order valence-electron chi connectivity index (χ4n) is 0. The summed E-state index contributed by atoms with van der Waals surface area (Å²) in [6.45, 7) is 7.41. The molecule has 0 bridgehead atoms. The standard InChI is InChI=1S/C4H6.C2H7NS/c1-3-4-2;3-1-2-4/h3-4H,1-2H2;4H,1-3H2. The topological polar surface area (TPSA) is 26.0 Å². The van der Waals surface area contributed by atoms with Crippen molar-refractivity contribution in [1.82, 2.24) is 0 Å². The Morgan fingerprint density at radius 1 is 1.38 bits per heavy atom. The van der Waals surface area contributed by atoms with Crippen molar-refractivity contribution in [2.75, 3.05) is 12.3 Å². The summed E-state index contributed by atoms with van der Waals surface area (Å²) in [5.41, 5.74) is 4.95. The van der Waals surface area contributed by atoms with E-state index in [1.54, 1.807) is 12.2 Å². The summed E-state index contributed by atoms with van der Waals surface area (Å²) in [5.74, 6) is 0.792. The fraction of sp³-hybridized carbons (Fsp3) is 0.333. The SMILES string of the molecule is C=CC=C.NCCS. The van der Waals surface area contributed by atoms with E-state index >= 15 is 0 Å². The van der Waals surface area contributed by atoms with Gasteiger partial charge in [0.2, 0.25) is 0 Å². The van der Waals surface area contributed by atoms with E-state index in [0.717, 1.165) is 5.75 Å². The lowest BCUT2D eigenvalue weighted by Gasteiger charge is -1.69. The number of rotatable bonds is 2. The molecule has 0 aromatic heterocycles. The maximum Gasteiger partial charge on any atom is 0.00255 e. The third kappa shape index (κ3) is 41.5. The summed E-state index contributed by atoms with van der Waals surface area (Å²) in [7, 11) is 0. The molecule has 0 rings (SSSR count). The Labute approximate surface area is 56.7 Å². The minimum atomic E-state index is 0.684. The van der Waals surface area contributed by atoms with Crippen LogP contribution in [-0.2, 0) is 0 Å².